The van der Waals surface area contributed by atoms with Crippen molar-refractivity contribution in [1.29, 1.82) is 0 Å². The first-order valence-corrected chi connectivity index (χ1v) is 9.51. The lowest BCUT2D eigenvalue weighted by Gasteiger charge is -2.14. The van der Waals surface area contributed by atoms with Crippen LogP contribution in [0.3, 0.4) is 0 Å². The molecule has 0 aliphatic carbocycles. The standard InChI is InChI=1S/C16H15ClN2O2.C7H9N/c17-13-8-4-7-12(9-13)16(21)19-10-14(15(18)20)11-5-2-1-3-6-11;8-6-7-4-2-1-3-5-7/h1-9,14H,10H2,(H2,18,20)(H,19,21);1-5H,6,8H2. The monoisotopic (exact) mass is 409 g/mol. The van der Waals surface area contributed by atoms with E-state index in [0.717, 1.165) is 5.56 Å². The molecule has 1 unspecified atom stereocenters. The van der Waals surface area contributed by atoms with Crippen LogP contribution in [0.1, 0.15) is 27.4 Å². The van der Waals surface area contributed by atoms with E-state index in [2.05, 4.69) is 5.32 Å². The largest absolute Gasteiger partial charge is 0.369 e. The van der Waals surface area contributed by atoms with Crippen molar-refractivity contribution in [2.75, 3.05) is 6.54 Å². The van der Waals surface area contributed by atoms with Gasteiger partial charge in [0, 0.05) is 23.7 Å². The molecular weight excluding hydrogens is 386 g/mol. The molecule has 6 heteroatoms. The van der Waals surface area contributed by atoms with Crippen LogP contribution in [-0.4, -0.2) is 18.4 Å². The number of nitrogens with two attached hydrogens (primary N) is 2. The Balaban J connectivity index is 0.000000313. The second-order valence-corrected chi connectivity index (χ2v) is 6.71. The van der Waals surface area contributed by atoms with Gasteiger partial charge in [0.25, 0.3) is 5.91 Å². The number of carbonyl (C=O) groups excluding carboxylic acids is 2. The van der Waals surface area contributed by atoms with E-state index < -0.39 is 11.8 Å². The van der Waals surface area contributed by atoms with Crippen LogP contribution in [-0.2, 0) is 11.3 Å². The summed E-state index contributed by atoms with van der Waals surface area (Å²) in [5.41, 5.74) is 13.2. The van der Waals surface area contributed by atoms with Crippen LogP contribution in [0.4, 0.5) is 0 Å². The van der Waals surface area contributed by atoms with Gasteiger partial charge < -0.3 is 16.8 Å². The highest BCUT2D eigenvalue weighted by molar-refractivity contribution is 6.30. The summed E-state index contributed by atoms with van der Waals surface area (Å²) in [7, 11) is 0. The van der Waals surface area contributed by atoms with Crippen LogP contribution in [0, 0.1) is 0 Å². The highest BCUT2D eigenvalue weighted by Gasteiger charge is 2.18. The molecule has 0 fully saturated rings. The zero-order chi connectivity index (χ0) is 21.1. The van der Waals surface area contributed by atoms with E-state index in [1.807, 2.05) is 48.5 Å². The van der Waals surface area contributed by atoms with Crippen LogP contribution < -0.4 is 16.8 Å². The van der Waals surface area contributed by atoms with E-state index in [1.165, 1.54) is 5.56 Å². The first kappa shape index (κ1) is 22.1. The average molecular weight is 410 g/mol. The molecular formula is C23H24ClN3O2. The van der Waals surface area contributed by atoms with Crippen LogP contribution in [0.2, 0.25) is 5.02 Å². The zero-order valence-electron chi connectivity index (χ0n) is 15.9. The SMILES string of the molecule is NC(=O)C(CNC(=O)c1cccc(Cl)c1)c1ccccc1.NCc1ccccc1. The van der Waals surface area contributed by atoms with Gasteiger partial charge in [0.2, 0.25) is 5.91 Å². The molecule has 1 atom stereocenters. The molecule has 0 aromatic heterocycles. The first-order valence-electron chi connectivity index (χ1n) is 9.13. The van der Waals surface area contributed by atoms with Gasteiger partial charge in [0.05, 0.1) is 5.92 Å². The van der Waals surface area contributed by atoms with Crippen molar-refractivity contribution < 1.29 is 9.59 Å². The van der Waals surface area contributed by atoms with E-state index in [4.69, 9.17) is 23.1 Å². The summed E-state index contributed by atoms with van der Waals surface area (Å²) in [5, 5.41) is 3.19. The van der Waals surface area contributed by atoms with Crippen LogP contribution in [0.5, 0.6) is 0 Å². The maximum atomic E-state index is 12.0. The van der Waals surface area contributed by atoms with Crippen molar-refractivity contribution >= 4 is 23.4 Å². The summed E-state index contributed by atoms with van der Waals surface area (Å²) >= 11 is 5.84. The zero-order valence-corrected chi connectivity index (χ0v) is 16.7. The van der Waals surface area contributed by atoms with Gasteiger partial charge in [0.1, 0.15) is 0 Å². The highest BCUT2D eigenvalue weighted by Crippen LogP contribution is 2.15. The molecule has 0 saturated heterocycles. The van der Waals surface area contributed by atoms with Crippen molar-refractivity contribution in [2.24, 2.45) is 11.5 Å². The predicted octanol–water partition coefficient (Wildman–Crippen LogP) is 3.48. The minimum absolute atomic E-state index is 0.144. The molecule has 5 nitrogen and oxygen atoms in total. The maximum Gasteiger partial charge on any atom is 0.251 e. The van der Waals surface area contributed by atoms with Gasteiger partial charge in [-0.05, 0) is 29.3 Å². The summed E-state index contributed by atoms with van der Waals surface area (Å²) < 4.78 is 0. The molecule has 5 N–H and O–H groups in total. The minimum atomic E-state index is -0.561. The lowest BCUT2D eigenvalue weighted by molar-refractivity contribution is -0.119. The molecule has 150 valence electrons. The van der Waals surface area contributed by atoms with Gasteiger partial charge in [-0.2, -0.15) is 0 Å². The third kappa shape index (κ3) is 7.41. The van der Waals surface area contributed by atoms with Crippen LogP contribution >= 0.6 is 11.6 Å². The molecule has 2 amide bonds. The fourth-order valence-electron chi connectivity index (χ4n) is 2.61. The topological polar surface area (TPSA) is 98.2 Å². The smallest absolute Gasteiger partial charge is 0.251 e. The van der Waals surface area contributed by atoms with Crippen molar-refractivity contribution in [3.8, 4) is 0 Å². The van der Waals surface area contributed by atoms with Crippen molar-refractivity contribution in [2.45, 2.75) is 12.5 Å². The quantitative estimate of drug-likeness (QED) is 0.581. The third-order valence-corrected chi connectivity index (χ3v) is 4.41. The fourth-order valence-corrected chi connectivity index (χ4v) is 2.80. The second-order valence-electron chi connectivity index (χ2n) is 6.28. The Morgan fingerprint density at radius 2 is 1.52 bits per heavy atom. The molecule has 0 aliphatic rings. The summed E-state index contributed by atoms with van der Waals surface area (Å²) in [5.74, 6) is -1.33. The summed E-state index contributed by atoms with van der Waals surface area (Å²) in [6.07, 6.45) is 0. The van der Waals surface area contributed by atoms with Gasteiger partial charge in [-0.3, -0.25) is 9.59 Å². The molecule has 0 aliphatic heterocycles. The van der Waals surface area contributed by atoms with Gasteiger partial charge >= 0.3 is 0 Å². The second kappa shape index (κ2) is 11.6. The Bertz CT molecular complexity index is 918. The number of primary amides is 1. The Hall–Kier alpha value is -3.15. The number of halogens is 1. The molecule has 3 rings (SSSR count). The summed E-state index contributed by atoms with van der Waals surface area (Å²) in [6, 6.07) is 25.7. The van der Waals surface area contributed by atoms with Crippen LogP contribution in [0.25, 0.3) is 0 Å². The Morgan fingerprint density at radius 1 is 0.897 bits per heavy atom. The molecule has 0 radical (unpaired) electrons. The van der Waals surface area contributed by atoms with Crippen molar-refractivity contribution in [3.05, 3.63) is 107 Å². The molecule has 0 heterocycles. The van der Waals surface area contributed by atoms with Gasteiger partial charge in [-0.15, -0.1) is 0 Å². The van der Waals surface area contributed by atoms with Crippen LogP contribution in [0.15, 0.2) is 84.9 Å². The lowest BCUT2D eigenvalue weighted by atomic mass is 9.98. The van der Waals surface area contributed by atoms with E-state index in [0.29, 0.717) is 17.1 Å². The number of benzene rings is 3. The number of nitrogens with one attached hydrogen (secondary N) is 1. The van der Waals surface area contributed by atoms with Gasteiger partial charge in [-0.25, -0.2) is 0 Å². The van der Waals surface area contributed by atoms with Gasteiger partial charge in [0.15, 0.2) is 0 Å². The average Bonchev–Trinajstić information content (AvgIpc) is 2.75. The lowest BCUT2D eigenvalue weighted by Crippen LogP contribution is -2.34. The number of amides is 2. The van der Waals surface area contributed by atoms with E-state index in [9.17, 15) is 9.59 Å². The number of hydrogen-bond acceptors (Lipinski definition) is 3. The molecule has 0 bridgehead atoms. The molecule has 0 spiro atoms. The van der Waals surface area contributed by atoms with Crippen molar-refractivity contribution in [3.63, 3.8) is 0 Å². The Kier molecular flexibility index (Phi) is 8.89. The summed E-state index contributed by atoms with van der Waals surface area (Å²) in [4.78, 5) is 23.6. The predicted molar refractivity (Wildman–Crippen MR) is 116 cm³/mol. The fraction of sp³-hybridized carbons (Fsp3) is 0.130. The number of hydrogen-bond donors (Lipinski definition) is 3. The Labute approximate surface area is 175 Å². The van der Waals surface area contributed by atoms with Crippen molar-refractivity contribution in [1.82, 2.24) is 5.32 Å². The minimum Gasteiger partial charge on any atom is -0.369 e. The molecule has 3 aromatic rings. The van der Waals surface area contributed by atoms with E-state index in [1.54, 1.807) is 36.4 Å². The normalized spacial score (nSPS) is 11.0. The van der Waals surface area contributed by atoms with E-state index >= 15 is 0 Å². The first-order chi connectivity index (χ1) is 14.0. The molecule has 3 aromatic carbocycles. The van der Waals surface area contributed by atoms with Gasteiger partial charge in [-0.1, -0.05) is 78.3 Å². The Morgan fingerprint density at radius 3 is 2.03 bits per heavy atom. The summed E-state index contributed by atoms with van der Waals surface area (Å²) in [6.45, 7) is 0.783. The molecule has 29 heavy (non-hydrogen) atoms. The maximum absolute atomic E-state index is 12.0. The highest BCUT2D eigenvalue weighted by atomic mass is 35.5. The third-order valence-electron chi connectivity index (χ3n) is 4.18. The molecule has 0 saturated carbocycles. The number of carbonyl (C=O) groups is 2. The number of rotatable bonds is 6. The van der Waals surface area contributed by atoms with E-state index in [-0.39, 0.29) is 12.5 Å².